The fourth-order valence-electron chi connectivity index (χ4n) is 3.11. The second-order valence-electron chi connectivity index (χ2n) is 6.82. The normalized spacial score (nSPS) is 15.0. The second-order valence-corrected chi connectivity index (χ2v) is 8.69. The maximum Gasteiger partial charge on any atom is 0.415 e. The van der Waals surface area contributed by atoms with Crippen molar-refractivity contribution in [3.63, 3.8) is 0 Å². The molecular formula is C18H22N4O8S. The first-order valence-electron chi connectivity index (χ1n) is 9.53. The summed E-state index contributed by atoms with van der Waals surface area (Å²) in [5.41, 5.74) is 0. The highest BCUT2D eigenvalue weighted by Gasteiger charge is 2.35. The lowest BCUT2D eigenvalue weighted by molar-refractivity contribution is -0.832. The number of piperazine rings is 1. The van der Waals surface area contributed by atoms with Crippen LogP contribution >= 0.6 is 0 Å². The van der Waals surface area contributed by atoms with Gasteiger partial charge in [0.15, 0.2) is 0 Å². The van der Waals surface area contributed by atoms with Crippen molar-refractivity contribution in [1.29, 1.82) is 0 Å². The largest absolute Gasteiger partial charge is 0.481 e. The molecule has 2 aromatic rings. The number of hydrogen-bond donors (Lipinski definition) is 1. The quantitative estimate of drug-likeness (QED) is 0.491. The molecule has 0 spiro atoms. The fourth-order valence-corrected chi connectivity index (χ4v) is 4.40. The highest BCUT2D eigenvalue weighted by atomic mass is 32.2. The molecule has 0 unspecified atom stereocenters. The lowest BCUT2D eigenvalue weighted by atomic mass is 10.2. The first-order valence-corrected chi connectivity index (χ1v) is 11.0. The Morgan fingerprint density at radius 3 is 2.48 bits per heavy atom. The zero-order valence-corrected chi connectivity index (χ0v) is 17.4. The van der Waals surface area contributed by atoms with Crippen molar-refractivity contribution in [3.8, 4) is 5.88 Å². The number of amides is 1. The van der Waals surface area contributed by atoms with Crippen molar-refractivity contribution in [2.45, 2.75) is 22.8 Å². The minimum absolute atomic E-state index is 0.0293. The SMILES string of the molecule is O=C(O)CCC(=O)N1CCN(CCOc2no[n+]([O-])c2S(=O)(=O)c2ccccc2)CC1. The molecule has 0 bridgehead atoms. The van der Waals surface area contributed by atoms with Crippen LogP contribution in [0.25, 0.3) is 0 Å². The third kappa shape index (κ3) is 5.49. The van der Waals surface area contributed by atoms with Crippen LogP contribution in [0.2, 0.25) is 0 Å². The highest BCUT2D eigenvalue weighted by Crippen LogP contribution is 2.24. The van der Waals surface area contributed by atoms with Crippen LogP contribution in [0.3, 0.4) is 0 Å². The van der Waals surface area contributed by atoms with E-state index < -0.39 is 26.7 Å². The van der Waals surface area contributed by atoms with Gasteiger partial charge in [0.1, 0.15) is 6.61 Å². The van der Waals surface area contributed by atoms with E-state index in [-0.39, 0.29) is 35.2 Å². The molecule has 0 aliphatic carbocycles. The molecule has 12 nitrogen and oxygen atoms in total. The first-order chi connectivity index (χ1) is 14.8. The molecule has 1 aliphatic heterocycles. The lowest BCUT2D eigenvalue weighted by Crippen LogP contribution is -2.49. The van der Waals surface area contributed by atoms with E-state index >= 15 is 0 Å². The molecule has 1 N–H and O–H groups in total. The molecule has 1 saturated heterocycles. The van der Waals surface area contributed by atoms with Crippen LogP contribution in [-0.2, 0) is 19.4 Å². The van der Waals surface area contributed by atoms with Crippen LogP contribution in [-0.4, -0.2) is 79.7 Å². The van der Waals surface area contributed by atoms with Crippen LogP contribution in [0.1, 0.15) is 12.8 Å². The van der Waals surface area contributed by atoms with E-state index in [4.69, 9.17) is 9.84 Å². The predicted octanol–water partition coefficient (Wildman–Crippen LogP) is -0.471. The molecule has 168 valence electrons. The van der Waals surface area contributed by atoms with E-state index in [1.54, 1.807) is 11.0 Å². The maximum absolute atomic E-state index is 12.7. The third-order valence-corrected chi connectivity index (χ3v) is 6.50. The molecule has 2 heterocycles. The summed E-state index contributed by atoms with van der Waals surface area (Å²) in [6.07, 6.45) is -0.225. The number of benzene rings is 1. The molecule has 13 heteroatoms. The number of aliphatic carboxylic acids is 1. The van der Waals surface area contributed by atoms with Crippen LogP contribution in [0, 0.1) is 5.21 Å². The Labute approximate surface area is 178 Å². The number of rotatable bonds is 9. The van der Waals surface area contributed by atoms with Crippen molar-refractivity contribution in [2.75, 3.05) is 39.3 Å². The minimum atomic E-state index is -4.17. The number of sulfone groups is 1. The smallest absolute Gasteiger partial charge is 0.415 e. The Balaban J connectivity index is 1.53. The predicted molar refractivity (Wildman–Crippen MR) is 103 cm³/mol. The average Bonchev–Trinajstić information content (AvgIpc) is 3.14. The van der Waals surface area contributed by atoms with Crippen molar-refractivity contribution in [1.82, 2.24) is 15.0 Å². The number of carbonyl (C=O) groups excluding carboxylic acids is 1. The Morgan fingerprint density at radius 2 is 1.84 bits per heavy atom. The zero-order valence-electron chi connectivity index (χ0n) is 16.5. The lowest BCUT2D eigenvalue weighted by Gasteiger charge is -2.34. The minimum Gasteiger partial charge on any atom is -0.481 e. The Morgan fingerprint density at radius 1 is 1.16 bits per heavy atom. The number of carbonyl (C=O) groups is 2. The summed E-state index contributed by atoms with van der Waals surface area (Å²) in [7, 11) is -4.17. The maximum atomic E-state index is 12.7. The summed E-state index contributed by atoms with van der Waals surface area (Å²) < 4.78 is 35.3. The number of nitrogens with zero attached hydrogens (tertiary/aromatic N) is 4. The summed E-state index contributed by atoms with van der Waals surface area (Å²) in [6, 6.07) is 7.41. The number of carboxylic acid groups (broad SMARTS) is 1. The van der Waals surface area contributed by atoms with E-state index in [1.807, 2.05) is 4.90 Å². The number of aromatic nitrogens is 2. The molecule has 0 atom stereocenters. The van der Waals surface area contributed by atoms with Gasteiger partial charge in [-0.2, -0.15) is 0 Å². The fraction of sp³-hybridized carbons (Fsp3) is 0.444. The summed E-state index contributed by atoms with van der Waals surface area (Å²) in [4.78, 5) is 25.9. The molecule has 1 aliphatic rings. The van der Waals surface area contributed by atoms with Crippen molar-refractivity contribution >= 4 is 21.7 Å². The zero-order chi connectivity index (χ0) is 22.4. The molecule has 1 fully saturated rings. The van der Waals surface area contributed by atoms with Gasteiger partial charge in [-0.25, -0.2) is 8.42 Å². The summed E-state index contributed by atoms with van der Waals surface area (Å²) in [6.45, 7) is 2.48. The van der Waals surface area contributed by atoms with Gasteiger partial charge in [-0.05, 0) is 17.0 Å². The topological polar surface area (TPSA) is 157 Å². The first kappa shape index (κ1) is 22.5. The van der Waals surface area contributed by atoms with Crippen LogP contribution in [0.5, 0.6) is 5.88 Å². The number of carboxylic acids is 1. The molecule has 1 amide bonds. The van der Waals surface area contributed by atoms with Crippen LogP contribution in [0.4, 0.5) is 0 Å². The molecule has 0 radical (unpaired) electrons. The van der Waals surface area contributed by atoms with E-state index in [0.29, 0.717) is 32.7 Å². The van der Waals surface area contributed by atoms with Crippen molar-refractivity contribution in [3.05, 3.63) is 35.5 Å². The number of ether oxygens (including phenoxy) is 1. The molecule has 31 heavy (non-hydrogen) atoms. The van der Waals surface area contributed by atoms with Crippen LogP contribution in [0.15, 0.2) is 44.9 Å². The van der Waals surface area contributed by atoms with E-state index in [1.165, 1.54) is 24.3 Å². The summed E-state index contributed by atoms with van der Waals surface area (Å²) in [5, 5.41) is 23.2. The Bertz CT molecular complexity index is 1020. The van der Waals surface area contributed by atoms with Gasteiger partial charge in [0.2, 0.25) is 5.91 Å². The average molecular weight is 454 g/mol. The van der Waals surface area contributed by atoms with Crippen LogP contribution < -0.4 is 9.64 Å². The van der Waals surface area contributed by atoms with E-state index in [2.05, 4.69) is 9.79 Å². The van der Waals surface area contributed by atoms with Gasteiger partial charge in [0.25, 0.3) is 9.84 Å². The van der Waals surface area contributed by atoms with Gasteiger partial charge in [-0.15, -0.1) is 0 Å². The molecule has 0 saturated carbocycles. The van der Waals surface area contributed by atoms with Gasteiger partial charge in [-0.3, -0.25) is 19.1 Å². The van der Waals surface area contributed by atoms with Crippen molar-refractivity contribution in [2.24, 2.45) is 0 Å². The van der Waals surface area contributed by atoms with Crippen molar-refractivity contribution < 1.29 is 37.4 Å². The van der Waals surface area contributed by atoms with E-state index in [0.717, 1.165) is 0 Å². The van der Waals surface area contributed by atoms with E-state index in [9.17, 15) is 23.2 Å². The third-order valence-electron chi connectivity index (χ3n) is 4.78. The monoisotopic (exact) mass is 454 g/mol. The van der Waals surface area contributed by atoms with Gasteiger partial charge in [0.05, 0.1) is 16.5 Å². The second kappa shape index (κ2) is 9.75. The van der Waals surface area contributed by atoms with Gasteiger partial charge < -0.3 is 20.0 Å². The Hall–Kier alpha value is -3.19. The summed E-state index contributed by atoms with van der Waals surface area (Å²) >= 11 is 0. The molecule has 1 aromatic carbocycles. The van der Waals surface area contributed by atoms with Gasteiger partial charge >= 0.3 is 16.9 Å². The van der Waals surface area contributed by atoms with Gasteiger partial charge in [-0.1, -0.05) is 18.2 Å². The standard InChI is InChI=1S/C18H22N4O8S/c23-15(6-7-16(24)25)21-10-8-20(9-11-21)12-13-29-17-18(22(26)30-19-17)31(27,28)14-4-2-1-3-5-14/h1-5H,6-13H2,(H,24,25). The molecular weight excluding hydrogens is 432 g/mol. The Kier molecular flexibility index (Phi) is 7.07. The highest BCUT2D eigenvalue weighted by molar-refractivity contribution is 7.91. The van der Waals surface area contributed by atoms with Gasteiger partial charge in [0, 0.05) is 39.1 Å². The molecule has 1 aromatic heterocycles. The molecule has 3 rings (SSSR count). The summed E-state index contributed by atoms with van der Waals surface area (Å²) in [5.74, 6) is -1.62. The number of hydrogen-bond acceptors (Lipinski definition) is 9.